The Morgan fingerprint density at radius 2 is 1.34 bits per heavy atom. The number of aliphatic imine (C=N–C) groups is 1. The van der Waals surface area contributed by atoms with Crippen molar-refractivity contribution in [1.82, 2.24) is 0 Å². The van der Waals surface area contributed by atoms with E-state index in [0.29, 0.717) is 5.71 Å². The zero-order chi connectivity index (χ0) is 19.8. The summed E-state index contributed by atoms with van der Waals surface area (Å²) in [5, 5.41) is 4.26. The van der Waals surface area contributed by atoms with Gasteiger partial charge in [-0.15, -0.1) is 0 Å². The molecule has 0 fully saturated rings. The van der Waals surface area contributed by atoms with Gasteiger partial charge in [-0.05, 0) is 18.1 Å². The van der Waals surface area contributed by atoms with Crippen LogP contribution in [0.2, 0.25) is 0 Å². The average molecular weight is 380 g/mol. The summed E-state index contributed by atoms with van der Waals surface area (Å²) >= 11 is 0. The summed E-state index contributed by atoms with van der Waals surface area (Å²) in [6.45, 7) is 1.92. The Balaban J connectivity index is 1.75. The second kappa shape index (κ2) is 6.82. The Morgan fingerprint density at radius 3 is 1.97 bits per heavy atom. The molecule has 3 atom stereocenters. The number of hydrogen-bond donors (Lipinski definition) is 0. The molecule has 0 radical (unpaired) electrons. The van der Waals surface area contributed by atoms with Crippen molar-refractivity contribution in [2.24, 2.45) is 15.6 Å². The second-order valence-corrected chi connectivity index (χ2v) is 7.45. The van der Waals surface area contributed by atoms with Gasteiger partial charge in [-0.25, -0.2) is 4.79 Å². The summed E-state index contributed by atoms with van der Waals surface area (Å²) < 4.78 is 0. The zero-order valence-electron chi connectivity index (χ0n) is 16.0. The highest BCUT2D eigenvalue weighted by molar-refractivity contribution is 6.33. The molecule has 0 N–H and O–H groups in total. The van der Waals surface area contributed by atoms with Gasteiger partial charge in [0.05, 0.1) is 6.04 Å². The number of oxime groups is 1. The third kappa shape index (κ3) is 2.56. The van der Waals surface area contributed by atoms with E-state index in [1.807, 2.05) is 73.7 Å². The third-order valence-electron chi connectivity index (χ3n) is 5.95. The van der Waals surface area contributed by atoms with Crippen LogP contribution in [0.15, 0.2) is 101 Å². The largest absolute Gasteiger partial charge is 0.353 e. The monoisotopic (exact) mass is 380 g/mol. The van der Waals surface area contributed by atoms with Gasteiger partial charge in [-0.3, -0.25) is 4.99 Å². The second-order valence-electron chi connectivity index (χ2n) is 7.45. The van der Waals surface area contributed by atoms with Crippen LogP contribution in [0.4, 0.5) is 0 Å². The van der Waals surface area contributed by atoms with Crippen LogP contribution in [-0.4, -0.2) is 17.4 Å². The van der Waals surface area contributed by atoms with Gasteiger partial charge in [-0.1, -0.05) is 96.2 Å². The van der Waals surface area contributed by atoms with Gasteiger partial charge in [0.1, 0.15) is 5.71 Å². The molecule has 2 aliphatic heterocycles. The predicted octanol–water partition coefficient (Wildman–Crippen LogP) is 4.93. The van der Waals surface area contributed by atoms with Crippen LogP contribution < -0.4 is 0 Å². The third-order valence-corrected chi connectivity index (χ3v) is 5.95. The molecule has 29 heavy (non-hydrogen) atoms. The highest BCUT2D eigenvalue weighted by Crippen LogP contribution is 2.56. The zero-order valence-corrected chi connectivity index (χ0v) is 16.0. The summed E-state index contributed by atoms with van der Waals surface area (Å²) in [6, 6.07) is 29.8. The van der Waals surface area contributed by atoms with Gasteiger partial charge >= 0.3 is 5.97 Å². The van der Waals surface area contributed by atoms with E-state index < -0.39 is 5.41 Å². The maximum absolute atomic E-state index is 13.3. The van der Waals surface area contributed by atoms with Gasteiger partial charge in [0.25, 0.3) is 0 Å². The Labute approximate surface area is 169 Å². The van der Waals surface area contributed by atoms with Crippen LogP contribution in [0.25, 0.3) is 0 Å². The summed E-state index contributed by atoms with van der Waals surface area (Å²) in [4.78, 5) is 23.7. The molecule has 0 amide bonds. The first-order valence-electron chi connectivity index (χ1n) is 9.73. The smallest absolute Gasteiger partial charge is 0.316 e. The molecule has 3 aromatic carbocycles. The number of nitrogens with zero attached hydrogens (tertiary/aromatic N) is 2. The topological polar surface area (TPSA) is 51.0 Å². The van der Waals surface area contributed by atoms with Crippen LogP contribution >= 0.6 is 0 Å². The fourth-order valence-electron chi connectivity index (χ4n) is 4.65. The SMILES string of the molecule is CC1=NC(c2ccccc2)C(c2ccccc2)C12C(=O)ON=C2c1ccccc1. The van der Waals surface area contributed by atoms with Crippen molar-refractivity contribution in [2.75, 3.05) is 0 Å². The van der Waals surface area contributed by atoms with Crippen LogP contribution in [0.3, 0.4) is 0 Å². The molecule has 3 unspecified atom stereocenters. The van der Waals surface area contributed by atoms with Crippen molar-refractivity contribution in [1.29, 1.82) is 0 Å². The lowest BCUT2D eigenvalue weighted by atomic mass is 9.64. The molecule has 0 aromatic heterocycles. The van der Waals surface area contributed by atoms with Crippen molar-refractivity contribution in [3.05, 3.63) is 108 Å². The molecule has 0 saturated heterocycles. The molecule has 142 valence electrons. The first kappa shape index (κ1) is 17.6. The lowest BCUT2D eigenvalue weighted by Crippen LogP contribution is -2.45. The normalized spacial score (nSPS) is 25.6. The molecule has 0 aliphatic carbocycles. The van der Waals surface area contributed by atoms with E-state index in [-0.39, 0.29) is 17.9 Å². The minimum absolute atomic E-state index is 0.196. The Kier molecular flexibility index (Phi) is 4.13. The number of rotatable bonds is 3. The standard InChI is InChI=1S/C25H20N2O2/c1-17-25(23(27-29-24(25)28)20-15-9-4-10-16-20)21(18-11-5-2-6-12-18)22(26-17)19-13-7-3-8-14-19/h2-16,21-22H,1H3. The molecule has 0 saturated carbocycles. The molecule has 2 aliphatic rings. The van der Waals surface area contributed by atoms with Crippen molar-refractivity contribution in [2.45, 2.75) is 18.9 Å². The summed E-state index contributed by atoms with van der Waals surface area (Å²) in [5.41, 5.74) is 3.34. The van der Waals surface area contributed by atoms with Gasteiger partial charge in [0.2, 0.25) is 0 Å². The first-order valence-corrected chi connectivity index (χ1v) is 9.73. The molecule has 4 nitrogen and oxygen atoms in total. The number of hydrogen-bond acceptors (Lipinski definition) is 4. The van der Waals surface area contributed by atoms with Crippen molar-refractivity contribution >= 4 is 17.4 Å². The van der Waals surface area contributed by atoms with E-state index in [9.17, 15) is 4.79 Å². The highest BCUT2D eigenvalue weighted by atomic mass is 16.7. The van der Waals surface area contributed by atoms with Crippen LogP contribution in [0.5, 0.6) is 0 Å². The van der Waals surface area contributed by atoms with Crippen molar-refractivity contribution in [3.63, 3.8) is 0 Å². The van der Waals surface area contributed by atoms with E-state index in [0.717, 1.165) is 22.4 Å². The van der Waals surface area contributed by atoms with Gasteiger partial charge in [0, 0.05) is 17.2 Å². The van der Waals surface area contributed by atoms with E-state index in [1.165, 1.54) is 0 Å². The molecule has 2 heterocycles. The van der Waals surface area contributed by atoms with Crippen LogP contribution in [-0.2, 0) is 9.63 Å². The Morgan fingerprint density at radius 1 is 0.793 bits per heavy atom. The summed E-state index contributed by atoms with van der Waals surface area (Å²) in [5.74, 6) is -0.593. The summed E-state index contributed by atoms with van der Waals surface area (Å²) in [6.07, 6.45) is 0. The van der Waals surface area contributed by atoms with Gasteiger partial charge < -0.3 is 4.84 Å². The number of carbonyl (C=O) groups excluding carboxylic acids is 1. The minimum Gasteiger partial charge on any atom is -0.316 e. The predicted molar refractivity (Wildman–Crippen MR) is 113 cm³/mol. The molecule has 5 rings (SSSR count). The van der Waals surface area contributed by atoms with Crippen molar-refractivity contribution < 1.29 is 9.63 Å². The molecule has 3 aromatic rings. The van der Waals surface area contributed by atoms with E-state index >= 15 is 0 Å². The lowest BCUT2D eigenvalue weighted by Gasteiger charge is -2.32. The number of benzene rings is 3. The quantitative estimate of drug-likeness (QED) is 0.605. The van der Waals surface area contributed by atoms with Gasteiger partial charge in [0.15, 0.2) is 5.41 Å². The van der Waals surface area contributed by atoms with Crippen molar-refractivity contribution in [3.8, 4) is 0 Å². The average Bonchev–Trinajstić information content (AvgIpc) is 3.28. The fourth-order valence-corrected chi connectivity index (χ4v) is 4.65. The van der Waals surface area contributed by atoms with E-state index in [2.05, 4.69) is 29.4 Å². The lowest BCUT2D eigenvalue weighted by molar-refractivity contribution is -0.146. The van der Waals surface area contributed by atoms with Crippen LogP contribution in [0.1, 0.15) is 35.6 Å². The maximum Gasteiger partial charge on any atom is 0.353 e. The molecular formula is C25H20N2O2. The first-order chi connectivity index (χ1) is 14.2. The molecule has 4 heteroatoms. The fraction of sp³-hybridized carbons (Fsp3) is 0.160. The Hall–Kier alpha value is -3.53. The minimum atomic E-state index is -1.04. The summed E-state index contributed by atoms with van der Waals surface area (Å²) in [7, 11) is 0. The molecule has 0 bridgehead atoms. The van der Waals surface area contributed by atoms with Gasteiger partial charge in [-0.2, -0.15) is 0 Å². The van der Waals surface area contributed by atoms with E-state index in [1.54, 1.807) is 0 Å². The molecule has 1 spiro atoms. The molecular weight excluding hydrogens is 360 g/mol. The Bertz CT molecular complexity index is 1110. The maximum atomic E-state index is 13.3. The highest BCUT2D eigenvalue weighted by Gasteiger charge is 2.63. The number of carbonyl (C=O) groups is 1. The van der Waals surface area contributed by atoms with E-state index in [4.69, 9.17) is 9.83 Å². The van der Waals surface area contributed by atoms with Crippen LogP contribution in [0, 0.1) is 5.41 Å².